The van der Waals surface area contributed by atoms with Gasteiger partial charge in [0.05, 0.1) is 41.6 Å². The number of nitrogens with one attached hydrogen (secondary N) is 1. The topological polar surface area (TPSA) is 93.1 Å². The fourth-order valence-corrected chi connectivity index (χ4v) is 4.86. The van der Waals surface area contributed by atoms with Crippen LogP contribution in [0, 0.1) is 6.92 Å². The second kappa shape index (κ2) is 11.2. The zero-order valence-electron chi connectivity index (χ0n) is 19.9. The molecular weight excluding hydrogens is 538 g/mol. The van der Waals surface area contributed by atoms with Gasteiger partial charge in [-0.1, -0.05) is 0 Å². The Hall–Kier alpha value is -3.33. The monoisotopic (exact) mass is 560 g/mol. The molecular formula is C23H22F6N6O2S. The van der Waals surface area contributed by atoms with Crippen LogP contribution in [0.2, 0.25) is 0 Å². The highest BCUT2D eigenvalue weighted by atomic mass is 32.1. The highest BCUT2D eigenvalue weighted by Gasteiger charge is 2.34. The average Bonchev–Trinajstić information content (AvgIpc) is 3.19. The van der Waals surface area contributed by atoms with Crippen molar-refractivity contribution >= 4 is 23.1 Å². The third-order valence-electron chi connectivity index (χ3n) is 5.64. The number of carbonyl (C=O) groups is 1. The molecule has 1 unspecified atom stereocenters. The molecule has 1 fully saturated rings. The van der Waals surface area contributed by atoms with Crippen LogP contribution < -0.4 is 10.1 Å². The molecule has 1 atom stereocenters. The molecule has 4 rings (SSSR count). The van der Waals surface area contributed by atoms with Crippen molar-refractivity contribution in [1.29, 1.82) is 0 Å². The van der Waals surface area contributed by atoms with Gasteiger partial charge in [0, 0.05) is 30.1 Å². The van der Waals surface area contributed by atoms with Crippen molar-refractivity contribution in [2.45, 2.75) is 44.6 Å². The van der Waals surface area contributed by atoms with Gasteiger partial charge >= 0.3 is 12.4 Å². The maximum absolute atomic E-state index is 13.0. The number of piperidine rings is 1. The molecule has 0 saturated carbocycles. The molecule has 0 radical (unpaired) electrons. The van der Waals surface area contributed by atoms with E-state index in [-0.39, 0.29) is 30.1 Å². The van der Waals surface area contributed by atoms with Crippen molar-refractivity contribution < 1.29 is 35.9 Å². The summed E-state index contributed by atoms with van der Waals surface area (Å²) in [6, 6.07) is 3.06. The molecule has 204 valence electrons. The van der Waals surface area contributed by atoms with Crippen molar-refractivity contribution in [3.8, 4) is 5.88 Å². The molecule has 38 heavy (non-hydrogen) atoms. The molecule has 1 amide bonds. The summed E-state index contributed by atoms with van der Waals surface area (Å²) in [4.78, 5) is 26.1. The summed E-state index contributed by atoms with van der Waals surface area (Å²) in [6.07, 6.45) is -5.06. The quantitative estimate of drug-likeness (QED) is 0.411. The number of carbonyl (C=O) groups excluding carboxylic acids is 1. The summed E-state index contributed by atoms with van der Waals surface area (Å²) in [5.41, 5.74) is 0.188. The Morgan fingerprint density at radius 1 is 1.13 bits per heavy atom. The number of amides is 1. The van der Waals surface area contributed by atoms with Crippen LogP contribution in [0.15, 0.2) is 30.7 Å². The van der Waals surface area contributed by atoms with Gasteiger partial charge in [-0.3, -0.25) is 14.7 Å². The zero-order valence-corrected chi connectivity index (χ0v) is 20.8. The van der Waals surface area contributed by atoms with Crippen molar-refractivity contribution in [2.75, 3.05) is 25.0 Å². The number of ether oxygens (including phenoxy) is 1. The first kappa shape index (κ1) is 27.7. The molecule has 1 aliphatic rings. The second-order valence-corrected chi connectivity index (χ2v) is 9.56. The molecule has 4 heterocycles. The van der Waals surface area contributed by atoms with Crippen LogP contribution in [-0.2, 0) is 12.6 Å². The maximum Gasteiger partial charge on any atom is 0.434 e. The Bertz CT molecular complexity index is 1250. The van der Waals surface area contributed by atoms with Gasteiger partial charge in [0.25, 0.3) is 5.91 Å². The van der Waals surface area contributed by atoms with E-state index in [9.17, 15) is 31.1 Å². The minimum absolute atomic E-state index is 0.0666. The molecule has 0 aliphatic carbocycles. The molecule has 15 heteroatoms. The number of rotatable bonds is 7. The van der Waals surface area contributed by atoms with Gasteiger partial charge < -0.3 is 10.1 Å². The van der Waals surface area contributed by atoms with Crippen LogP contribution in [0.4, 0.5) is 32.0 Å². The van der Waals surface area contributed by atoms with E-state index in [1.54, 1.807) is 13.0 Å². The third-order valence-corrected chi connectivity index (χ3v) is 6.58. The van der Waals surface area contributed by atoms with Crippen molar-refractivity contribution in [1.82, 2.24) is 24.2 Å². The summed E-state index contributed by atoms with van der Waals surface area (Å²) in [5, 5.41) is 2.70. The van der Waals surface area contributed by atoms with E-state index in [1.165, 1.54) is 17.2 Å². The first-order chi connectivity index (χ1) is 17.9. The van der Waals surface area contributed by atoms with Gasteiger partial charge in [-0.25, -0.2) is 9.97 Å². The maximum atomic E-state index is 13.0. The summed E-state index contributed by atoms with van der Waals surface area (Å²) in [5.74, 6) is -0.270. The van der Waals surface area contributed by atoms with Crippen LogP contribution in [-0.4, -0.2) is 62.0 Å². The summed E-state index contributed by atoms with van der Waals surface area (Å²) in [7, 11) is 0. The number of hydrogen-bond acceptors (Lipinski definition) is 8. The molecule has 0 spiro atoms. The lowest BCUT2D eigenvalue weighted by Gasteiger charge is -2.32. The van der Waals surface area contributed by atoms with E-state index in [1.807, 2.05) is 0 Å². The highest BCUT2D eigenvalue weighted by Crippen LogP contribution is 2.28. The lowest BCUT2D eigenvalue weighted by Crippen LogP contribution is -2.45. The minimum Gasteiger partial charge on any atom is -0.473 e. The molecule has 1 aliphatic heterocycles. The number of anilines is 1. The first-order valence-electron chi connectivity index (χ1n) is 11.4. The van der Waals surface area contributed by atoms with Crippen LogP contribution >= 0.6 is 11.5 Å². The van der Waals surface area contributed by atoms with E-state index in [4.69, 9.17) is 4.74 Å². The molecule has 0 aromatic carbocycles. The van der Waals surface area contributed by atoms with E-state index < -0.39 is 36.6 Å². The van der Waals surface area contributed by atoms with Crippen molar-refractivity contribution in [3.63, 3.8) is 0 Å². The van der Waals surface area contributed by atoms with Gasteiger partial charge in [-0.2, -0.15) is 30.7 Å². The van der Waals surface area contributed by atoms with Gasteiger partial charge in [-0.05, 0) is 43.9 Å². The molecule has 0 bridgehead atoms. The molecule has 1 saturated heterocycles. The number of likely N-dealkylation sites (tertiary alicyclic amines) is 1. The van der Waals surface area contributed by atoms with Gasteiger partial charge in [0.2, 0.25) is 5.88 Å². The number of alkyl halides is 6. The Balaban J connectivity index is 1.37. The van der Waals surface area contributed by atoms with E-state index in [2.05, 4.69) is 24.6 Å². The van der Waals surface area contributed by atoms with E-state index in [0.29, 0.717) is 41.8 Å². The Kier molecular flexibility index (Phi) is 8.16. The predicted octanol–water partition coefficient (Wildman–Crippen LogP) is 4.90. The smallest absolute Gasteiger partial charge is 0.434 e. The molecule has 1 N–H and O–H groups in total. The molecule has 3 aromatic heterocycles. The Labute approximate surface area is 217 Å². The fraction of sp³-hybridized carbons (Fsp3) is 0.435. The molecule has 8 nitrogen and oxygen atoms in total. The Morgan fingerprint density at radius 2 is 1.92 bits per heavy atom. The standard InChI is InChI=1S/C23H22F6N6O2S/c1-13-20(17(38-34-13)7-15-9-31-18(10-30-15)23(27,28)29)21(36)33-14-4-5-19(32-8-14)37-16-3-2-6-35(11-16)12-22(24,25)26/h4-5,8-10,16H,2-3,6-7,11-12H2,1H3,(H,33,36). The van der Waals surface area contributed by atoms with E-state index in [0.717, 1.165) is 17.7 Å². The van der Waals surface area contributed by atoms with Crippen molar-refractivity contribution in [3.05, 3.63) is 58.2 Å². The number of pyridine rings is 1. The number of hydrogen-bond donors (Lipinski definition) is 1. The number of aryl methyl sites for hydroxylation is 1. The van der Waals surface area contributed by atoms with Gasteiger partial charge in [0.1, 0.15) is 6.10 Å². The average molecular weight is 561 g/mol. The lowest BCUT2D eigenvalue weighted by atomic mass is 10.1. The summed E-state index contributed by atoms with van der Waals surface area (Å²) >= 11 is 1.03. The largest absolute Gasteiger partial charge is 0.473 e. The SMILES string of the molecule is Cc1nsc(Cc2cnc(C(F)(F)F)cn2)c1C(=O)Nc1ccc(OC2CCCN(CC(F)(F)F)C2)nc1. The molecule has 3 aromatic rings. The van der Waals surface area contributed by atoms with Crippen LogP contribution in [0.3, 0.4) is 0 Å². The van der Waals surface area contributed by atoms with Crippen LogP contribution in [0.5, 0.6) is 5.88 Å². The van der Waals surface area contributed by atoms with Crippen LogP contribution in [0.1, 0.15) is 45.2 Å². The normalized spacial score (nSPS) is 16.9. The highest BCUT2D eigenvalue weighted by molar-refractivity contribution is 7.06. The second-order valence-electron chi connectivity index (χ2n) is 8.71. The number of nitrogens with zero attached hydrogens (tertiary/aromatic N) is 5. The minimum atomic E-state index is -4.60. The van der Waals surface area contributed by atoms with Gasteiger partial charge in [-0.15, -0.1) is 0 Å². The zero-order chi connectivity index (χ0) is 27.5. The number of aromatic nitrogens is 4. The summed E-state index contributed by atoms with van der Waals surface area (Å²) in [6.45, 7) is 1.13. The van der Waals surface area contributed by atoms with Gasteiger partial charge in [0.15, 0.2) is 5.69 Å². The van der Waals surface area contributed by atoms with E-state index >= 15 is 0 Å². The number of halogens is 6. The summed E-state index contributed by atoms with van der Waals surface area (Å²) < 4.78 is 86.1. The third kappa shape index (κ3) is 7.37. The Morgan fingerprint density at radius 3 is 2.55 bits per heavy atom. The van der Waals surface area contributed by atoms with Crippen LogP contribution in [0.25, 0.3) is 0 Å². The predicted molar refractivity (Wildman–Crippen MR) is 125 cm³/mol. The lowest BCUT2D eigenvalue weighted by molar-refractivity contribution is -0.150. The first-order valence-corrected chi connectivity index (χ1v) is 12.2. The van der Waals surface area contributed by atoms with Crippen molar-refractivity contribution in [2.24, 2.45) is 0 Å². The fourth-order valence-electron chi connectivity index (χ4n) is 3.98.